The highest BCUT2D eigenvalue weighted by molar-refractivity contribution is 5.90. The van der Waals surface area contributed by atoms with Crippen LogP contribution in [0.2, 0.25) is 0 Å². The van der Waals surface area contributed by atoms with Crippen LogP contribution < -0.4 is 10.6 Å². The monoisotopic (exact) mass is 427 g/mol. The predicted molar refractivity (Wildman–Crippen MR) is 98.1 cm³/mol. The normalized spacial score (nSPS) is 21.3. The van der Waals surface area contributed by atoms with Gasteiger partial charge in [0, 0.05) is 0 Å². The smallest absolute Gasteiger partial charge is 0.416 e. The summed E-state index contributed by atoms with van der Waals surface area (Å²) in [5.74, 6) is -1.69. The van der Waals surface area contributed by atoms with Crippen molar-refractivity contribution in [2.24, 2.45) is 5.73 Å². The largest absolute Gasteiger partial charge is 0.465 e. The van der Waals surface area contributed by atoms with Crippen LogP contribution in [0.4, 0.5) is 23.7 Å². The topological polar surface area (TPSA) is 119 Å². The molecule has 0 saturated heterocycles. The van der Waals surface area contributed by atoms with Crippen LogP contribution in [0.1, 0.15) is 60.1 Å². The number of carbonyl (C=O) groups is 2. The van der Waals surface area contributed by atoms with Crippen LogP contribution in [0.15, 0.2) is 28.9 Å². The number of nitrogens with zero attached hydrogens (tertiary/aromatic N) is 2. The third-order valence-corrected chi connectivity index (χ3v) is 5.08. The second-order valence-corrected chi connectivity index (χ2v) is 6.89. The van der Waals surface area contributed by atoms with E-state index in [9.17, 15) is 27.9 Å². The van der Waals surface area contributed by atoms with Crippen LogP contribution in [-0.4, -0.2) is 34.4 Å². The van der Waals surface area contributed by atoms with E-state index in [1.165, 1.54) is 0 Å². The fourth-order valence-electron chi connectivity index (χ4n) is 3.57. The zero-order valence-corrected chi connectivity index (χ0v) is 16.2. The minimum Gasteiger partial charge on any atom is -0.465 e. The van der Waals surface area contributed by atoms with E-state index in [-0.39, 0.29) is 42.3 Å². The summed E-state index contributed by atoms with van der Waals surface area (Å²) >= 11 is 0. The number of carbonyl (C=O) groups excluding carboxylic acids is 1. The Hall–Kier alpha value is -3.08. The first-order valence-electron chi connectivity index (χ1n) is 9.17. The van der Waals surface area contributed by atoms with E-state index in [4.69, 9.17) is 14.9 Å². The van der Waals surface area contributed by atoms with Crippen LogP contribution in [0, 0.1) is 0 Å². The molecule has 1 aliphatic heterocycles. The number of rotatable bonds is 4. The van der Waals surface area contributed by atoms with Gasteiger partial charge in [0.05, 0.1) is 23.8 Å². The summed E-state index contributed by atoms with van der Waals surface area (Å²) in [6, 6.07) is 2.73. The van der Waals surface area contributed by atoms with Gasteiger partial charge in [-0.3, -0.25) is 4.90 Å². The fourth-order valence-corrected chi connectivity index (χ4v) is 3.57. The molecule has 0 bridgehead atoms. The van der Waals surface area contributed by atoms with Gasteiger partial charge >= 0.3 is 18.2 Å². The molecule has 162 valence electrons. The average Bonchev–Trinajstić information content (AvgIpc) is 3.16. The van der Waals surface area contributed by atoms with Crippen LogP contribution in [-0.2, 0) is 10.9 Å². The summed E-state index contributed by atoms with van der Waals surface area (Å²) in [4.78, 5) is 28.7. The van der Waals surface area contributed by atoms with Crippen LogP contribution in [0.5, 0.6) is 0 Å². The lowest BCUT2D eigenvalue weighted by Gasteiger charge is -2.45. The molecular formula is C19H20F3N3O5. The number of hydrogen-bond acceptors (Lipinski definition) is 6. The third-order valence-electron chi connectivity index (χ3n) is 5.08. The van der Waals surface area contributed by atoms with Crippen molar-refractivity contribution in [1.29, 1.82) is 0 Å². The molecular weight excluding hydrogens is 407 g/mol. The maximum absolute atomic E-state index is 13.3. The number of alkyl halides is 3. The van der Waals surface area contributed by atoms with Crippen LogP contribution in [0.25, 0.3) is 0 Å². The van der Waals surface area contributed by atoms with Crippen molar-refractivity contribution in [2.45, 2.75) is 44.4 Å². The van der Waals surface area contributed by atoms with Gasteiger partial charge in [0.1, 0.15) is 11.9 Å². The zero-order chi connectivity index (χ0) is 22.3. The molecule has 1 aliphatic rings. The fraction of sp³-hybridized carbons (Fsp3) is 0.421. The number of anilines is 1. The Morgan fingerprint density at radius 3 is 2.67 bits per heavy atom. The number of carboxylic acid groups (broad SMARTS) is 1. The minimum absolute atomic E-state index is 0.00647. The van der Waals surface area contributed by atoms with E-state index in [2.05, 4.69) is 4.98 Å². The van der Waals surface area contributed by atoms with Crippen molar-refractivity contribution >= 4 is 17.7 Å². The summed E-state index contributed by atoms with van der Waals surface area (Å²) < 4.78 is 50.1. The maximum atomic E-state index is 13.3. The number of hydrogen-bond donors (Lipinski definition) is 2. The van der Waals surface area contributed by atoms with Crippen molar-refractivity contribution < 1.29 is 37.0 Å². The van der Waals surface area contributed by atoms with Gasteiger partial charge in [-0.25, -0.2) is 14.6 Å². The van der Waals surface area contributed by atoms with Crippen LogP contribution in [0.3, 0.4) is 0 Å². The first-order chi connectivity index (χ1) is 14.0. The van der Waals surface area contributed by atoms with E-state index in [0.29, 0.717) is 0 Å². The molecule has 2 atom stereocenters. The maximum Gasteiger partial charge on any atom is 0.416 e. The summed E-state index contributed by atoms with van der Waals surface area (Å²) in [6.07, 6.45) is -4.89. The highest BCUT2D eigenvalue weighted by Gasteiger charge is 2.47. The number of fused-ring (bicyclic) bond motifs is 1. The van der Waals surface area contributed by atoms with Crippen LogP contribution >= 0.6 is 0 Å². The molecule has 1 amide bonds. The molecule has 1 aromatic carbocycles. The third kappa shape index (κ3) is 3.72. The summed E-state index contributed by atoms with van der Waals surface area (Å²) in [6.45, 7) is 3.39. The molecule has 2 heterocycles. The lowest BCUT2D eigenvalue weighted by Crippen LogP contribution is -2.61. The van der Waals surface area contributed by atoms with Gasteiger partial charge in [0.25, 0.3) is 0 Å². The Balaban J connectivity index is 2.17. The molecule has 30 heavy (non-hydrogen) atoms. The minimum atomic E-state index is -4.64. The zero-order valence-electron chi connectivity index (χ0n) is 16.2. The van der Waals surface area contributed by atoms with E-state index >= 15 is 0 Å². The van der Waals surface area contributed by atoms with Gasteiger partial charge in [0.2, 0.25) is 5.89 Å². The van der Waals surface area contributed by atoms with Gasteiger partial charge in [0.15, 0.2) is 5.69 Å². The second-order valence-electron chi connectivity index (χ2n) is 6.89. The molecule has 0 fully saturated rings. The Morgan fingerprint density at radius 1 is 1.40 bits per heavy atom. The Labute approximate surface area is 169 Å². The number of benzene rings is 1. The van der Waals surface area contributed by atoms with Gasteiger partial charge in [-0.2, -0.15) is 13.2 Å². The van der Waals surface area contributed by atoms with Crippen molar-refractivity contribution in [1.82, 2.24) is 4.98 Å². The molecule has 0 unspecified atom stereocenters. The Bertz CT molecular complexity index is 975. The number of aromatic nitrogens is 1. The summed E-state index contributed by atoms with van der Waals surface area (Å²) in [5, 5.41) is 9.70. The highest BCUT2D eigenvalue weighted by atomic mass is 19.4. The van der Waals surface area contributed by atoms with E-state index in [1.54, 1.807) is 13.8 Å². The molecule has 0 aliphatic carbocycles. The number of esters is 1. The number of oxazole rings is 1. The van der Waals surface area contributed by atoms with E-state index in [1.807, 2.05) is 0 Å². The standard InChI is InChI=1S/C19H20F3N3O5/c1-3-18(23)8-12(15-24-13(9-30-15)16(26)29-4-2)11-7-10(19(20,21)22)5-6-14(11)25(18)17(27)28/h5-7,9,12H,3-4,8,23H2,1-2H3,(H,27,28)/t12-,18+/m0/s1. The molecule has 8 nitrogen and oxygen atoms in total. The van der Waals surface area contributed by atoms with Gasteiger partial charge in [-0.05, 0) is 43.5 Å². The molecule has 1 aromatic heterocycles. The SMILES string of the molecule is CCOC(=O)c1coc([C@H]2C[C@@](N)(CC)N(C(=O)O)c3ccc(C(F)(F)F)cc32)n1. The first kappa shape index (κ1) is 21.6. The molecule has 0 saturated carbocycles. The van der Waals surface area contributed by atoms with Crippen molar-refractivity contribution in [3.8, 4) is 0 Å². The molecule has 3 N–H and O–H groups in total. The van der Waals surface area contributed by atoms with E-state index < -0.39 is 35.4 Å². The van der Waals surface area contributed by atoms with Crippen molar-refractivity contribution in [2.75, 3.05) is 11.5 Å². The van der Waals surface area contributed by atoms with Gasteiger partial charge in [-0.15, -0.1) is 0 Å². The Kier molecular flexibility index (Phi) is 5.50. The summed E-state index contributed by atoms with van der Waals surface area (Å²) in [7, 11) is 0. The molecule has 2 aromatic rings. The predicted octanol–water partition coefficient (Wildman–Crippen LogP) is 3.96. The molecule has 11 heteroatoms. The average molecular weight is 427 g/mol. The number of ether oxygens (including phenoxy) is 1. The van der Waals surface area contributed by atoms with Crippen molar-refractivity contribution in [3.63, 3.8) is 0 Å². The number of halogens is 3. The summed E-state index contributed by atoms with van der Waals surface area (Å²) in [5.41, 5.74) is 3.89. The van der Waals surface area contributed by atoms with Gasteiger partial charge < -0.3 is 20.0 Å². The van der Waals surface area contributed by atoms with Crippen molar-refractivity contribution in [3.05, 3.63) is 47.2 Å². The molecule has 0 spiro atoms. The number of nitrogens with two attached hydrogens (primary N) is 1. The number of amides is 1. The molecule has 3 rings (SSSR count). The lowest BCUT2D eigenvalue weighted by molar-refractivity contribution is -0.137. The van der Waals surface area contributed by atoms with E-state index in [0.717, 1.165) is 29.4 Å². The lowest BCUT2D eigenvalue weighted by atomic mass is 9.80. The van der Waals surface area contributed by atoms with Gasteiger partial charge in [-0.1, -0.05) is 6.92 Å². The highest BCUT2D eigenvalue weighted by Crippen LogP contribution is 2.47. The Morgan fingerprint density at radius 2 is 2.10 bits per heavy atom. The second kappa shape index (κ2) is 7.63. The molecule has 0 radical (unpaired) electrons. The quantitative estimate of drug-likeness (QED) is 0.709. The first-order valence-corrected chi connectivity index (χ1v) is 9.17.